The van der Waals surface area contributed by atoms with Crippen molar-refractivity contribution in [2.24, 2.45) is 0 Å². The largest absolute Gasteiger partial charge is 0.481 e. The van der Waals surface area contributed by atoms with Crippen molar-refractivity contribution in [3.63, 3.8) is 0 Å². The molecule has 0 radical (unpaired) electrons. The topological polar surface area (TPSA) is 63.6 Å². The van der Waals surface area contributed by atoms with Gasteiger partial charge in [0.1, 0.15) is 0 Å². The fourth-order valence-electron chi connectivity index (χ4n) is 2.44. The van der Waals surface area contributed by atoms with E-state index < -0.39 is 5.97 Å². The molecule has 0 aromatic heterocycles. The molecule has 0 heterocycles. The lowest BCUT2D eigenvalue weighted by Gasteiger charge is -2.03. The predicted octanol–water partition coefficient (Wildman–Crippen LogP) is 6.25. The zero-order chi connectivity index (χ0) is 18.5. The van der Waals surface area contributed by atoms with E-state index in [-0.39, 0.29) is 5.97 Å². The number of carbonyl (C=O) groups is 2. The quantitative estimate of drug-likeness (QED) is 0.217. The van der Waals surface area contributed by atoms with Gasteiger partial charge in [-0.3, -0.25) is 9.59 Å². The predicted molar refractivity (Wildman–Crippen MR) is 99.9 cm³/mol. The Morgan fingerprint density at radius 2 is 1.17 bits per heavy atom. The summed E-state index contributed by atoms with van der Waals surface area (Å²) in [6.07, 6.45) is 19.0. The van der Waals surface area contributed by atoms with Crippen molar-refractivity contribution in [3.8, 4) is 0 Å². The molecule has 0 aliphatic rings. The number of carbonyl (C=O) groups excluding carboxylic acids is 1. The maximum absolute atomic E-state index is 11.1. The Balaban J connectivity index is 0. The second kappa shape index (κ2) is 21.7. The first-order chi connectivity index (χ1) is 11.5. The van der Waals surface area contributed by atoms with Gasteiger partial charge in [0, 0.05) is 13.3 Å². The van der Waals surface area contributed by atoms with E-state index in [4.69, 9.17) is 9.90 Å². The van der Waals surface area contributed by atoms with Crippen molar-refractivity contribution in [2.75, 3.05) is 0 Å². The lowest BCUT2D eigenvalue weighted by Crippen LogP contribution is -1.98. The number of esters is 1. The minimum atomic E-state index is -0.833. The molecule has 0 unspecified atom stereocenters. The number of unbranched alkanes of at least 4 members (excludes halogenated alkanes) is 12. The van der Waals surface area contributed by atoms with E-state index in [0.29, 0.717) is 6.42 Å². The van der Waals surface area contributed by atoms with Gasteiger partial charge >= 0.3 is 5.97 Å². The Kier molecular flexibility index (Phi) is 22.5. The molecular formula is C20H38O4. The Morgan fingerprint density at radius 1 is 0.833 bits per heavy atom. The fourth-order valence-corrected chi connectivity index (χ4v) is 2.44. The molecule has 0 fully saturated rings. The number of carboxylic acid groups (broad SMARTS) is 1. The standard InChI is InChI=1S/C18H34O2.C2H4O2/c1-3-5-6-7-8-9-10-11-12-13-14-15-16-17-18(19)20-4-2;1-2(3)4/h4H,2-3,5-17H2,1H3;1H3,(H,3,4). The van der Waals surface area contributed by atoms with Gasteiger partial charge in [0.2, 0.25) is 0 Å². The van der Waals surface area contributed by atoms with Crippen LogP contribution in [0.2, 0.25) is 0 Å². The highest BCUT2D eigenvalue weighted by molar-refractivity contribution is 5.69. The first kappa shape index (κ1) is 24.9. The molecule has 0 aliphatic carbocycles. The second-order valence-corrected chi connectivity index (χ2v) is 6.17. The Morgan fingerprint density at radius 3 is 1.50 bits per heavy atom. The zero-order valence-corrected chi connectivity index (χ0v) is 15.9. The van der Waals surface area contributed by atoms with E-state index in [2.05, 4.69) is 18.2 Å². The van der Waals surface area contributed by atoms with Gasteiger partial charge in [-0.05, 0) is 6.42 Å². The molecule has 0 amide bonds. The average molecular weight is 343 g/mol. The summed E-state index contributed by atoms with van der Waals surface area (Å²) in [7, 11) is 0. The van der Waals surface area contributed by atoms with Gasteiger partial charge in [-0.25, -0.2) is 0 Å². The normalized spacial score (nSPS) is 9.75. The van der Waals surface area contributed by atoms with Crippen LogP contribution < -0.4 is 0 Å². The lowest BCUT2D eigenvalue weighted by molar-refractivity contribution is -0.138. The van der Waals surface area contributed by atoms with Gasteiger partial charge in [-0.1, -0.05) is 90.6 Å². The molecule has 0 bridgehead atoms. The van der Waals surface area contributed by atoms with Crippen molar-refractivity contribution >= 4 is 11.9 Å². The molecule has 24 heavy (non-hydrogen) atoms. The molecule has 0 aliphatic heterocycles. The Labute approximate surface area is 148 Å². The van der Waals surface area contributed by atoms with E-state index in [0.717, 1.165) is 19.8 Å². The number of rotatable bonds is 15. The minimum absolute atomic E-state index is 0.150. The molecule has 0 aromatic carbocycles. The summed E-state index contributed by atoms with van der Waals surface area (Å²) in [5.41, 5.74) is 0. The lowest BCUT2D eigenvalue weighted by atomic mass is 10.0. The minimum Gasteiger partial charge on any atom is -0.481 e. The SMILES string of the molecule is C=COC(=O)CCCCCCCCCCCCCCC.CC(=O)O. The first-order valence-corrected chi connectivity index (χ1v) is 9.54. The third-order valence-corrected chi connectivity index (χ3v) is 3.70. The Bertz CT molecular complexity index is 296. The van der Waals surface area contributed by atoms with E-state index in [1.54, 1.807) is 0 Å². The maximum Gasteiger partial charge on any atom is 0.310 e. The number of carboxylic acids is 1. The summed E-state index contributed by atoms with van der Waals surface area (Å²) in [5.74, 6) is -0.983. The van der Waals surface area contributed by atoms with Gasteiger partial charge < -0.3 is 9.84 Å². The second-order valence-electron chi connectivity index (χ2n) is 6.17. The molecule has 0 saturated carbocycles. The van der Waals surface area contributed by atoms with E-state index in [9.17, 15) is 4.79 Å². The van der Waals surface area contributed by atoms with Gasteiger partial charge in [-0.15, -0.1) is 0 Å². The van der Waals surface area contributed by atoms with Crippen molar-refractivity contribution in [3.05, 3.63) is 12.8 Å². The molecule has 0 atom stereocenters. The highest BCUT2D eigenvalue weighted by atomic mass is 16.5. The summed E-state index contributed by atoms with van der Waals surface area (Å²) in [5, 5.41) is 7.42. The van der Waals surface area contributed by atoms with Gasteiger partial charge in [-0.2, -0.15) is 0 Å². The number of hydrogen-bond donors (Lipinski definition) is 1. The summed E-state index contributed by atoms with van der Waals surface area (Å²) >= 11 is 0. The number of ether oxygens (including phenoxy) is 1. The first-order valence-electron chi connectivity index (χ1n) is 9.54. The van der Waals surface area contributed by atoms with Crippen LogP contribution in [0.3, 0.4) is 0 Å². The van der Waals surface area contributed by atoms with Gasteiger partial charge in [0.25, 0.3) is 5.97 Å². The van der Waals surface area contributed by atoms with Crippen LogP contribution in [0, 0.1) is 0 Å². The Hall–Kier alpha value is -1.32. The third-order valence-electron chi connectivity index (χ3n) is 3.70. The molecule has 4 nitrogen and oxygen atoms in total. The third kappa shape index (κ3) is 28.8. The molecule has 0 spiro atoms. The van der Waals surface area contributed by atoms with Crippen LogP contribution in [0.4, 0.5) is 0 Å². The van der Waals surface area contributed by atoms with Crippen LogP contribution in [-0.2, 0) is 14.3 Å². The van der Waals surface area contributed by atoms with Crippen LogP contribution in [0.5, 0.6) is 0 Å². The molecule has 1 N–H and O–H groups in total. The average Bonchev–Trinajstić information content (AvgIpc) is 2.51. The van der Waals surface area contributed by atoms with Crippen molar-refractivity contribution in [1.82, 2.24) is 0 Å². The van der Waals surface area contributed by atoms with E-state index in [1.165, 1.54) is 76.9 Å². The summed E-state index contributed by atoms with van der Waals surface area (Å²) < 4.78 is 4.67. The molecule has 0 saturated heterocycles. The van der Waals surface area contributed by atoms with Crippen LogP contribution in [0.25, 0.3) is 0 Å². The molecule has 142 valence electrons. The van der Waals surface area contributed by atoms with E-state index in [1.807, 2.05) is 0 Å². The summed E-state index contributed by atoms with van der Waals surface area (Å²) in [4.78, 5) is 20.1. The summed E-state index contributed by atoms with van der Waals surface area (Å²) in [6.45, 7) is 6.72. The van der Waals surface area contributed by atoms with E-state index >= 15 is 0 Å². The van der Waals surface area contributed by atoms with Crippen LogP contribution in [0.15, 0.2) is 12.8 Å². The highest BCUT2D eigenvalue weighted by Crippen LogP contribution is 2.13. The molecule has 0 rings (SSSR count). The van der Waals surface area contributed by atoms with Crippen LogP contribution >= 0.6 is 0 Å². The molecule has 0 aromatic rings. The van der Waals surface area contributed by atoms with Gasteiger partial charge in [0.15, 0.2) is 0 Å². The zero-order valence-electron chi connectivity index (χ0n) is 15.9. The van der Waals surface area contributed by atoms with Crippen molar-refractivity contribution in [2.45, 2.75) is 104 Å². The highest BCUT2D eigenvalue weighted by Gasteiger charge is 1.99. The monoisotopic (exact) mass is 342 g/mol. The van der Waals surface area contributed by atoms with Crippen LogP contribution in [-0.4, -0.2) is 17.0 Å². The van der Waals surface area contributed by atoms with Gasteiger partial charge in [0.05, 0.1) is 6.26 Å². The fraction of sp³-hybridized carbons (Fsp3) is 0.800. The van der Waals surface area contributed by atoms with Crippen molar-refractivity contribution < 1.29 is 19.4 Å². The molecular weight excluding hydrogens is 304 g/mol. The summed E-state index contributed by atoms with van der Waals surface area (Å²) in [6, 6.07) is 0. The number of aliphatic carboxylic acids is 1. The van der Waals surface area contributed by atoms with Crippen LogP contribution in [0.1, 0.15) is 104 Å². The number of hydrogen-bond acceptors (Lipinski definition) is 3. The van der Waals surface area contributed by atoms with Crippen molar-refractivity contribution in [1.29, 1.82) is 0 Å². The molecule has 4 heteroatoms. The maximum atomic E-state index is 11.1. The smallest absolute Gasteiger partial charge is 0.310 e.